The molecule has 1 saturated carbocycles. The van der Waals surface area contributed by atoms with Crippen LogP contribution in [0.4, 0.5) is 5.69 Å². The van der Waals surface area contributed by atoms with Gasteiger partial charge in [0.2, 0.25) is 5.91 Å². The van der Waals surface area contributed by atoms with Crippen molar-refractivity contribution >= 4 is 11.6 Å². The van der Waals surface area contributed by atoms with E-state index in [0.717, 1.165) is 31.6 Å². The van der Waals surface area contributed by atoms with E-state index in [1.165, 1.54) is 11.1 Å². The van der Waals surface area contributed by atoms with Crippen molar-refractivity contribution in [3.05, 3.63) is 29.3 Å². The molecule has 0 bridgehead atoms. The fraction of sp³-hybridized carbons (Fsp3) is 0.619. The van der Waals surface area contributed by atoms with Gasteiger partial charge in [0.1, 0.15) is 5.54 Å². The summed E-state index contributed by atoms with van der Waals surface area (Å²) < 4.78 is 0. The maximum atomic E-state index is 12.4. The minimum atomic E-state index is -0.735. The minimum Gasteiger partial charge on any atom is -0.376 e. The predicted molar refractivity (Wildman–Crippen MR) is 103 cm³/mol. The fourth-order valence-corrected chi connectivity index (χ4v) is 3.71. The second-order valence-corrected chi connectivity index (χ2v) is 8.32. The Morgan fingerprint density at radius 3 is 2.69 bits per heavy atom. The van der Waals surface area contributed by atoms with Crippen molar-refractivity contribution < 1.29 is 4.79 Å². The number of hydrogen-bond acceptors (Lipinski definition) is 4. The van der Waals surface area contributed by atoms with Crippen LogP contribution in [-0.4, -0.2) is 28.9 Å². The van der Waals surface area contributed by atoms with Crippen molar-refractivity contribution in [1.82, 2.24) is 10.2 Å². The van der Waals surface area contributed by atoms with Crippen LogP contribution in [0.1, 0.15) is 51.7 Å². The van der Waals surface area contributed by atoms with E-state index >= 15 is 0 Å². The monoisotopic (exact) mass is 354 g/mol. The molecular formula is C21H30N4O. The number of carbonyl (C=O) groups is 1. The topological polar surface area (TPSA) is 68.2 Å². The average Bonchev–Trinajstić information content (AvgIpc) is 3.38. The highest BCUT2D eigenvalue weighted by atomic mass is 16.2. The van der Waals surface area contributed by atoms with E-state index < -0.39 is 5.54 Å². The molecule has 26 heavy (non-hydrogen) atoms. The Labute approximate surface area is 156 Å². The highest BCUT2D eigenvalue weighted by Crippen LogP contribution is 2.39. The lowest BCUT2D eigenvalue weighted by molar-refractivity contribution is -0.120. The first-order chi connectivity index (χ1) is 12.3. The summed E-state index contributed by atoms with van der Waals surface area (Å²) >= 11 is 0. The van der Waals surface area contributed by atoms with Gasteiger partial charge < -0.3 is 10.6 Å². The van der Waals surface area contributed by atoms with E-state index in [-0.39, 0.29) is 12.5 Å². The van der Waals surface area contributed by atoms with Crippen molar-refractivity contribution in [2.75, 3.05) is 11.9 Å². The van der Waals surface area contributed by atoms with E-state index in [0.29, 0.717) is 17.9 Å². The lowest BCUT2D eigenvalue weighted by atomic mass is 9.98. The smallest absolute Gasteiger partial charge is 0.240 e. The molecule has 2 aliphatic rings. The second-order valence-electron chi connectivity index (χ2n) is 8.32. The molecule has 1 aromatic rings. The SMILES string of the molecule is CC(C)C(C)N1Cc2cccc(NCC(=O)NC(C)(C#N)C3CC3)c2C1. The highest BCUT2D eigenvalue weighted by molar-refractivity contribution is 5.82. The zero-order chi connectivity index (χ0) is 18.9. The van der Waals surface area contributed by atoms with E-state index in [9.17, 15) is 10.1 Å². The quantitative estimate of drug-likeness (QED) is 0.788. The Hall–Kier alpha value is -2.06. The first-order valence-electron chi connectivity index (χ1n) is 9.65. The zero-order valence-electron chi connectivity index (χ0n) is 16.3. The van der Waals surface area contributed by atoms with Crippen molar-refractivity contribution in [3.8, 4) is 6.07 Å². The molecule has 0 radical (unpaired) electrons. The third-order valence-corrected chi connectivity index (χ3v) is 6.01. The van der Waals surface area contributed by atoms with Gasteiger partial charge in [0.05, 0.1) is 12.6 Å². The summed E-state index contributed by atoms with van der Waals surface area (Å²) in [5.41, 5.74) is 2.92. The third kappa shape index (κ3) is 3.86. The van der Waals surface area contributed by atoms with Crippen LogP contribution in [0.3, 0.4) is 0 Å². The number of anilines is 1. The number of hydrogen-bond donors (Lipinski definition) is 2. The van der Waals surface area contributed by atoms with Gasteiger partial charge in [-0.05, 0) is 55.7 Å². The summed E-state index contributed by atoms with van der Waals surface area (Å²) in [6, 6.07) is 9.06. The molecule has 1 fully saturated rings. The molecule has 1 aliphatic heterocycles. The van der Waals surface area contributed by atoms with Gasteiger partial charge in [0.15, 0.2) is 0 Å². The van der Waals surface area contributed by atoms with E-state index in [4.69, 9.17) is 0 Å². The molecule has 1 aliphatic carbocycles. The number of benzene rings is 1. The van der Waals surface area contributed by atoms with E-state index in [1.807, 2.05) is 19.1 Å². The number of fused-ring (bicyclic) bond motifs is 1. The summed E-state index contributed by atoms with van der Waals surface area (Å²) in [5, 5.41) is 15.6. The van der Waals surface area contributed by atoms with Gasteiger partial charge in [-0.3, -0.25) is 9.69 Å². The Morgan fingerprint density at radius 2 is 2.08 bits per heavy atom. The molecule has 3 rings (SSSR count). The van der Waals surface area contributed by atoms with Crippen LogP contribution in [-0.2, 0) is 17.9 Å². The molecule has 2 N–H and O–H groups in total. The molecule has 2 unspecified atom stereocenters. The van der Waals surface area contributed by atoms with Gasteiger partial charge in [0, 0.05) is 24.8 Å². The molecule has 5 nitrogen and oxygen atoms in total. The van der Waals surface area contributed by atoms with Crippen molar-refractivity contribution in [3.63, 3.8) is 0 Å². The predicted octanol–water partition coefficient (Wildman–Crippen LogP) is 3.27. The molecule has 0 spiro atoms. The summed E-state index contributed by atoms with van der Waals surface area (Å²) in [6.07, 6.45) is 2.04. The van der Waals surface area contributed by atoms with Crippen LogP contribution >= 0.6 is 0 Å². The lowest BCUT2D eigenvalue weighted by Gasteiger charge is -2.27. The van der Waals surface area contributed by atoms with Crippen molar-refractivity contribution in [2.45, 2.75) is 65.2 Å². The Kier molecular flexibility index (Phi) is 5.24. The maximum absolute atomic E-state index is 12.4. The van der Waals surface area contributed by atoms with Crippen LogP contribution in [0.25, 0.3) is 0 Å². The Morgan fingerprint density at radius 1 is 1.35 bits per heavy atom. The Bertz CT molecular complexity index is 719. The number of amides is 1. The molecule has 1 aromatic carbocycles. The number of nitriles is 1. The van der Waals surface area contributed by atoms with Crippen LogP contribution in [0.5, 0.6) is 0 Å². The molecule has 1 heterocycles. The Balaban J connectivity index is 1.61. The number of carbonyl (C=O) groups excluding carboxylic acids is 1. The van der Waals surface area contributed by atoms with Gasteiger partial charge in [-0.25, -0.2) is 0 Å². The lowest BCUT2D eigenvalue weighted by Crippen LogP contribution is -2.48. The maximum Gasteiger partial charge on any atom is 0.240 e. The standard InChI is InChI=1S/C21H30N4O/c1-14(2)15(3)25-11-16-6-5-7-19(18(16)12-25)23-10-20(26)24-21(4,13-22)17-8-9-17/h5-7,14-15,17,23H,8-12H2,1-4H3,(H,24,26). The van der Waals surface area contributed by atoms with Gasteiger partial charge in [-0.2, -0.15) is 5.26 Å². The van der Waals surface area contributed by atoms with E-state index in [2.05, 4.69) is 48.4 Å². The zero-order valence-corrected chi connectivity index (χ0v) is 16.3. The molecule has 0 saturated heterocycles. The van der Waals surface area contributed by atoms with E-state index in [1.54, 1.807) is 0 Å². The normalized spacial score (nSPS) is 20.2. The minimum absolute atomic E-state index is 0.121. The van der Waals surface area contributed by atoms with Crippen LogP contribution in [0, 0.1) is 23.2 Å². The largest absolute Gasteiger partial charge is 0.376 e. The summed E-state index contributed by atoms with van der Waals surface area (Å²) in [7, 11) is 0. The van der Waals surface area contributed by atoms with Crippen molar-refractivity contribution in [1.29, 1.82) is 5.26 Å². The molecule has 5 heteroatoms. The van der Waals surface area contributed by atoms with Gasteiger partial charge in [-0.1, -0.05) is 26.0 Å². The molecular weight excluding hydrogens is 324 g/mol. The van der Waals surface area contributed by atoms with Gasteiger partial charge in [0.25, 0.3) is 0 Å². The molecule has 0 aromatic heterocycles. The van der Waals surface area contributed by atoms with Crippen molar-refractivity contribution in [2.24, 2.45) is 11.8 Å². The average molecular weight is 354 g/mol. The fourth-order valence-electron chi connectivity index (χ4n) is 3.71. The number of nitrogens with zero attached hydrogens (tertiary/aromatic N) is 2. The highest BCUT2D eigenvalue weighted by Gasteiger charge is 2.42. The summed E-state index contributed by atoms with van der Waals surface area (Å²) in [6.45, 7) is 10.7. The summed E-state index contributed by atoms with van der Waals surface area (Å²) in [4.78, 5) is 14.8. The second kappa shape index (κ2) is 7.28. The van der Waals surface area contributed by atoms with Crippen LogP contribution in [0.2, 0.25) is 0 Å². The molecule has 1 amide bonds. The first-order valence-corrected chi connectivity index (χ1v) is 9.65. The van der Waals surface area contributed by atoms with Crippen LogP contribution in [0.15, 0.2) is 18.2 Å². The third-order valence-electron chi connectivity index (χ3n) is 6.01. The number of nitrogens with one attached hydrogen (secondary N) is 2. The van der Waals surface area contributed by atoms with Gasteiger partial charge >= 0.3 is 0 Å². The van der Waals surface area contributed by atoms with Crippen LogP contribution < -0.4 is 10.6 Å². The molecule has 140 valence electrons. The first kappa shape index (κ1) is 18.7. The summed E-state index contributed by atoms with van der Waals surface area (Å²) in [5.74, 6) is 0.782. The molecule has 2 atom stereocenters. The number of rotatable bonds is 7. The van der Waals surface area contributed by atoms with Gasteiger partial charge in [-0.15, -0.1) is 0 Å².